The number of aromatic nitrogens is 1. The van der Waals surface area contributed by atoms with E-state index in [1.165, 1.54) is 0 Å². The summed E-state index contributed by atoms with van der Waals surface area (Å²) in [5, 5.41) is 28.1. The highest BCUT2D eigenvalue weighted by molar-refractivity contribution is 5.98. The van der Waals surface area contributed by atoms with Gasteiger partial charge in [-0.05, 0) is 23.8 Å². The second-order valence-electron chi connectivity index (χ2n) is 4.24. The normalized spacial score (nSPS) is 10.2. The molecule has 0 aromatic carbocycles. The predicted molar refractivity (Wildman–Crippen MR) is 70.2 cm³/mol. The Hall–Kier alpha value is -3.11. The van der Waals surface area contributed by atoms with E-state index in [0.717, 1.165) is 16.3 Å². The van der Waals surface area contributed by atoms with Gasteiger partial charge >= 0.3 is 0 Å². The Morgan fingerprint density at radius 3 is 2.58 bits per heavy atom. The molecule has 19 heavy (non-hydrogen) atoms. The average Bonchev–Trinajstić information content (AvgIpc) is 2.96. The van der Waals surface area contributed by atoms with Crippen LogP contribution in [-0.4, -0.2) is 4.98 Å². The second-order valence-corrected chi connectivity index (χ2v) is 4.24. The van der Waals surface area contributed by atoms with Gasteiger partial charge in [-0.25, -0.2) is 0 Å². The van der Waals surface area contributed by atoms with E-state index in [0.29, 0.717) is 16.7 Å². The van der Waals surface area contributed by atoms with Gasteiger partial charge in [-0.3, -0.25) is 5.41 Å². The van der Waals surface area contributed by atoms with Crippen LogP contribution in [0.25, 0.3) is 21.9 Å². The molecule has 2 aliphatic carbocycles. The van der Waals surface area contributed by atoms with Crippen LogP contribution in [0.15, 0.2) is 36.7 Å². The zero-order valence-corrected chi connectivity index (χ0v) is 9.86. The lowest BCUT2D eigenvalue weighted by atomic mass is 10.0. The van der Waals surface area contributed by atoms with Crippen LogP contribution in [0.5, 0.6) is 0 Å². The Kier molecular flexibility index (Phi) is 2.30. The predicted octanol–water partition coefficient (Wildman–Crippen LogP) is 2.50. The van der Waals surface area contributed by atoms with Crippen molar-refractivity contribution in [3.63, 3.8) is 0 Å². The van der Waals surface area contributed by atoms with Gasteiger partial charge in [0, 0.05) is 28.7 Å². The van der Waals surface area contributed by atoms with Crippen LogP contribution < -0.4 is 5.36 Å². The number of hydrogen-bond acceptors (Lipinski definition) is 3. The summed E-state index contributed by atoms with van der Waals surface area (Å²) in [6.45, 7) is 0. The number of fused-ring (bicyclic) bond motifs is 3. The molecule has 0 spiro atoms. The Labute approximate surface area is 109 Å². The number of H-pyrrole nitrogens is 1. The number of nitrogens with zero attached hydrogens (tertiary/aromatic N) is 2. The fourth-order valence-electron chi connectivity index (χ4n) is 2.28. The lowest BCUT2D eigenvalue weighted by Crippen LogP contribution is -1.95. The number of rotatable bonds is 0. The number of hydrogen-bond donors (Lipinski definition) is 2. The van der Waals surface area contributed by atoms with Gasteiger partial charge < -0.3 is 4.98 Å². The van der Waals surface area contributed by atoms with E-state index >= 15 is 0 Å². The molecule has 3 rings (SSSR count). The first kappa shape index (κ1) is 11.0. The van der Waals surface area contributed by atoms with Crippen LogP contribution in [0.2, 0.25) is 0 Å². The molecule has 0 saturated heterocycles. The van der Waals surface area contributed by atoms with Crippen LogP contribution in [0, 0.1) is 28.1 Å². The van der Waals surface area contributed by atoms with Crippen molar-refractivity contribution < 1.29 is 0 Å². The zero-order chi connectivity index (χ0) is 13.4. The molecule has 0 saturated carbocycles. The summed E-state index contributed by atoms with van der Waals surface area (Å²) in [6, 6.07) is 11.0. The molecule has 1 aromatic heterocycles. The monoisotopic (exact) mass is 244 g/mol. The summed E-state index contributed by atoms with van der Waals surface area (Å²) in [7, 11) is 0. The zero-order valence-electron chi connectivity index (χ0n) is 9.86. The molecule has 0 fully saturated rings. The maximum Gasteiger partial charge on any atom is 0.102 e. The molecule has 0 atom stereocenters. The fraction of sp³-hybridized carbons (Fsp3) is 0. The first-order chi connectivity index (χ1) is 9.24. The molecule has 0 radical (unpaired) electrons. The Morgan fingerprint density at radius 1 is 1.00 bits per heavy atom. The van der Waals surface area contributed by atoms with E-state index in [1.807, 2.05) is 6.20 Å². The average molecular weight is 244 g/mol. The van der Waals surface area contributed by atoms with Crippen molar-refractivity contribution in [3.8, 4) is 23.3 Å². The molecule has 88 valence electrons. The number of aromatic amines is 1. The van der Waals surface area contributed by atoms with E-state index in [-0.39, 0.29) is 5.36 Å². The first-order valence-electron chi connectivity index (χ1n) is 5.67. The third-order valence-corrected chi connectivity index (χ3v) is 3.17. The van der Waals surface area contributed by atoms with Gasteiger partial charge in [0.25, 0.3) is 0 Å². The van der Waals surface area contributed by atoms with E-state index in [1.54, 1.807) is 30.5 Å². The summed E-state index contributed by atoms with van der Waals surface area (Å²) in [4.78, 5) is 3.00. The third kappa shape index (κ3) is 1.55. The molecule has 4 heteroatoms. The topological polar surface area (TPSA) is 87.2 Å². The molecular weight excluding hydrogens is 236 g/mol. The summed E-state index contributed by atoms with van der Waals surface area (Å²) in [5.41, 5.74) is 2.41. The van der Waals surface area contributed by atoms with Crippen molar-refractivity contribution >= 4 is 10.8 Å². The number of nitrogens with one attached hydrogen (secondary N) is 2. The molecule has 0 amide bonds. The van der Waals surface area contributed by atoms with Crippen LogP contribution in [-0.2, 0) is 0 Å². The summed E-state index contributed by atoms with van der Waals surface area (Å²) in [5.74, 6) is 0. The van der Waals surface area contributed by atoms with Crippen LogP contribution >= 0.6 is 0 Å². The van der Waals surface area contributed by atoms with E-state index in [4.69, 9.17) is 15.9 Å². The van der Waals surface area contributed by atoms with E-state index in [9.17, 15) is 0 Å². The molecular formula is C15H8N4. The van der Waals surface area contributed by atoms with E-state index < -0.39 is 0 Å². The standard InChI is InChI=1S/C15H8N4/c16-5-9-1-2-11-12(4-15(18)13(11)6-17)14-8-19-7-10(14)3-9/h1-4,7-8,18-19H. The molecule has 0 aliphatic heterocycles. The first-order valence-corrected chi connectivity index (χ1v) is 5.67. The van der Waals surface area contributed by atoms with E-state index in [2.05, 4.69) is 17.1 Å². The van der Waals surface area contributed by atoms with Crippen molar-refractivity contribution in [1.29, 1.82) is 15.9 Å². The maximum atomic E-state index is 9.16. The molecule has 4 nitrogen and oxygen atoms in total. The van der Waals surface area contributed by atoms with Gasteiger partial charge in [-0.2, -0.15) is 10.5 Å². The fourth-order valence-corrected chi connectivity index (χ4v) is 2.28. The Bertz CT molecular complexity index is 906. The van der Waals surface area contributed by atoms with Gasteiger partial charge in [-0.15, -0.1) is 0 Å². The smallest absolute Gasteiger partial charge is 0.102 e. The van der Waals surface area contributed by atoms with Crippen molar-refractivity contribution in [2.75, 3.05) is 0 Å². The van der Waals surface area contributed by atoms with Gasteiger partial charge in [0.1, 0.15) is 6.07 Å². The van der Waals surface area contributed by atoms with Crippen LogP contribution in [0.4, 0.5) is 0 Å². The highest BCUT2D eigenvalue weighted by atomic mass is 14.6. The minimum atomic E-state index is 0.213. The van der Waals surface area contributed by atoms with Crippen molar-refractivity contribution in [3.05, 3.63) is 53.1 Å². The summed E-state index contributed by atoms with van der Waals surface area (Å²) in [6.07, 6.45) is 3.62. The van der Waals surface area contributed by atoms with Crippen molar-refractivity contribution in [1.82, 2.24) is 4.98 Å². The molecule has 2 aliphatic rings. The summed E-state index contributed by atoms with van der Waals surface area (Å²) >= 11 is 0. The molecule has 0 unspecified atom stereocenters. The van der Waals surface area contributed by atoms with Gasteiger partial charge in [-0.1, -0.05) is 6.07 Å². The minimum Gasteiger partial charge on any atom is -0.366 e. The van der Waals surface area contributed by atoms with Gasteiger partial charge in [0.05, 0.1) is 22.6 Å². The maximum absolute atomic E-state index is 9.16. The van der Waals surface area contributed by atoms with Crippen LogP contribution in [0.1, 0.15) is 11.1 Å². The highest BCUT2D eigenvalue weighted by Crippen LogP contribution is 2.30. The van der Waals surface area contributed by atoms with Crippen molar-refractivity contribution in [2.45, 2.75) is 0 Å². The lowest BCUT2D eigenvalue weighted by molar-refractivity contribution is 1.28. The quantitative estimate of drug-likeness (QED) is 0.636. The SMILES string of the molecule is N#Cc1ccc2c(C#N)c(=N)cc-2c2c[nH]cc2c1. The van der Waals surface area contributed by atoms with Crippen molar-refractivity contribution in [2.24, 2.45) is 0 Å². The van der Waals surface area contributed by atoms with Crippen LogP contribution in [0.3, 0.4) is 0 Å². The molecule has 1 heterocycles. The summed E-state index contributed by atoms with van der Waals surface area (Å²) < 4.78 is 0. The second kappa shape index (κ2) is 3.97. The molecule has 0 bridgehead atoms. The van der Waals surface area contributed by atoms with Gasteiger partial charge in [0.2, 0.25) is 0 Å². The Balaban J connectivity index is 2.59. The molecule has 2 N–H and O–H groups in total. The third-order valence-electron chi connectivity index (χ3n) is 3.17. The number of nitriles is 2. The Morgan fingerprint density at radius 2 is 1.84 bits per heavy atom. The van der Waals surface area contributed by atoms with Gasteiger partial charge in [0.15, 0.2) is 0 Å². The minimum absolute atomic E-state index is 0.213. The largest absolute Gasteiger partial charge is 0.366 e. The lowest BCUT2D eigenvalue weighted by Gasteiger charge is -1.98. The highest BCUT2D eigenvalue weighted by Gasteiger charge is 2.14. The molecule has 1 aromatic rings.